The van der Waals surface area contributed by atoms with Crippen LogP contribution in [0.5, 0.6) is 5.88 Å². The number of benzene rings is 1. The van der Waals surface area contributed by atoms with Crippen molar-refractivity contribution in [2.45, 2.75) is 32.9 Å². The van der Waals surface area contributed by atoms with Gasteiger partial charge >= 0.3 is 0 Å². The highest BCUT2D eigenvalue weighted by atomic mass is 16.5. The Morgan fingerprint density at radius 3 is 2.63 bits per heavy atom. The van der Waals surface area contributed by atoms with Gasteiger partial charge in [-0.15, -0.1) is 0 Å². The molecule has 2 aromatic rings. The van der Waals surface area contributed by atoms with E-state index in [0.29, 0.717) is 12.5 Å². The monoisotopic (exact) mass is 256 g/mol. The number of pyridine rings is 1. The number of rotatable bonds is 5. The summed E-state index contributed by atoms with van der Waals surface area (Å²) in [6.07, 6.45) is 2.73. The molecule has 0 unspecified atom stereocenters. The highest BCUT2D eigenvalue weighted by Gasteiger charge is 2.08. The summed E-state index contributed by atoms with van der Waals surface area (Å²) in [6.45, 7) is 4.65. The van der Waals surface area contributed by atoms with Crippen LogP contribution in [-0.2, 0) is 6.61 Å². The van der Waals surface area contributed by atoms with Gasteiger partial charge in [-0.3, -0.25) is 0 Å². The van der Waals surface area contributed by atoms with E-state index in [1.54, 1.807) is 0 Å². The Morgan fingerprint density at radius 2 is 2.00 bits per heavy atom. The van der Waals surface area contributed by atoms with Crippen molar-refractivity contribution in [3.8, 4) is 5.88 Å². The lowest BCUT2D eigenvalue weighted by atomic mass is 10.0. The number of hydrogen-bond acceptors (Lipinski definition) is 3. The molecule has 2 rings (SSSR count). The zero-order valence-electron chi connectivity index (χ0n) is 11.5. The number of aromatic nitrogens is 1. The molecule has 0 aliphatic carbocycles. The summed E-state index contributed by atoms with van der Waals surface area (Å²) >= 11 is 0. The number of nitrogens with two attached hydrogens (primary N) is 1. The zero-order chi connectivity index (χ0) is 13.7. The highest BCUT2D eigenvalue weighted by molar-refractivity contribution is 5.30. The van der Waals surface area contributed by atoms with E-state index in [-0.39, 0.29) is 6.04 Å². The Hall–Kier alpha value is -1.87. The summed E-state index contributed by atoms with van der Waals surface area (Å²) in [6, 6.07) is 12.1. The largest absolute Gasteiger partial charge is 0.473 e. The first-order valence-electron chi connectivity index (χ1n) is 6.59. The fourth-order valence-corrected chi connectivity index (χ4v) is 1.96. The smallest absolute Gasteiger partial charge is 0.213 e. The van der Waals surface area contributed by atoms with Gasteiger partial charge in [0, 0.05) is 18.3 Å². The molecule has 3 nitrogen and oxygen atoms in total. The lowest BCUT2D eigenvalue weighted by molar-refractivity contribution is 0.293. The van der Waals surface area contributed by atoms with Gasteiger partial charge in [0.05, 0.1) is 0 Å². The van der Waals surface area contributed by atoms with Crippen LogP contribution in [0.2, 0.25) is 0 Å². The molecular weight excluding hydrogens is 236 g/mol. The zero-order valence-corrected chi connectivity index (χ0v) is 11.5. The van der Waals surface area contributed by atoms with Crippen LogP contribution in [-0.4, -0.2) is 4.98 Å². The lowest BCUT2D eigenvalue weighted by Crippen LogP contribution is -2.11. The first-order valence-corrected chi connectivity index (χ1v) is 6.59. The second-order valence-electron chi connectivity index (χ2n) is 4.67. The van der Waals surface area contributed by atoms with Gasteiger partial charge in [0.2, 0.25) is 5.88 Å². The second kappa shape index (κ2) is 6.34. The fraction of sp³-hybridized carbons (Fsp3) is 0.312. The molecule has 19 heavy (non-hydrogen) atoms. The maximum absolute atomic E-state index is 6.03. The van der Waals surface area contributed by atoms with E-state index in [0.717, 1.165) is 23.1 Å². The lowest BCUT2D eigenvalue weighted by Gasteiger charge is -2.13. The van der Waals surface area contributed by atoms with Crippen molar-refractivity contribution in [3.05, 3.63) is 59.3 Å². The minimum atomic E-state index is 0.0515. The summed E-state index contributed by atoms with van der Waals surface area (Å²) in [7, 11) is 0. The molecule has 0 saturated carbocycles. The molecule has 100 valence electrons. The standard InChI is InChI=1S/C16H20N2O/c1-3-15(17)14-10-18-16(9-12(14)2)19-11-13-7-5-4-6-8-13/h4-10,15H,3,11,17H2,1-2H3/t15-/m1/s1. The van der Waals surface area contributed by atoms with E-state index < -0.39 is 0 Å². The topological polar surface area (TPSA) is 48.1 Å². The number of hydrogen-bond donors (Lipinski definition) is 1. The van der Waals surface area contributed by atoms with Crippen molar-refractivity contribution in [2.24, 2.45) is 5.73 Å². The van der Waals surface area contributed by atoms with Crippen molar-refractivity contribution >= 4 is 0 Å². The van der Waals surface area contributed by atoms with Gasteiger partial charge in [-0.05, 0) is 30.0 Å². The molecule has 3 heteroatoms. The van der Waals surface area contributed by atoms with Gasteiger partial charge < -0.3 is 10.5 Å². The summed E-state index contributed by atoms with van der Waals surface area (Å²) in [5.74, 6) is 0.647. The van der Waals surface area contributed by atoms with Crippen LogP contribution in [0.4, 0.5) is 0 Å². The Labute approximate surface area is 114 Å². The molecule has 1 aromatic carbocycles. The third kappa shape index (κ3) is 3.55. The Kier molecular flexibility index (Phi) is 4.53. The highest BCUT2D eigenvalue weighted by Crippen LogP contribution is 2.21. The Balaban J connectivity index is 2.04. The molecule has 2 N–H and O–H groups in total. The maximum atomic E-state index is 6.03. The van der Waals surface area contributed by atoms with E-state index in [9.17, 15) is 0 Å². The van der Waals surface area contributed by atoms with Crippen molar-refractivity contribution in [2.75, 3.05) is 0 Å². The van der Waals surface area contributed by atoms with E-state index in [1.165, 1.54) is 0 Å². The normalized spacial score (nSPS) is 12.2. The molecule has 0 spiro atoms. The van der Waals surface area contributed by atoms with Crippen LogP contribution in [0.1, 0.15) is 36.1 Å². The summed E-state index contributed by atoms with van der Waals surface area (Å²) in [4.78, 5) is 4.32. The molecule has 0 amide bonds. The molecule has 0 saturated heterocycles. The molecule has 0 fully saturated rings. The average Bonchev–Trinajstić information content (AvgIpc) is 2.45. The van der Waals surface area contributed by atoms with Gasteiger partial charge in [0.1, 0.15) is 6.61 Å². The first kappa shape index (κ1) is 13.6. The minimum absolute atomic E-state index is 0.0515. The molecular formula is C16H20N2O. The second-order valence-corrected chi connectivity index (χ2v) is 4.67. The fourth-order valence-electron chi connectivity index (χ4n) is 1.96. The predicted octanol–water partition coefficient (Wildman–Crippen LogP) is 3.38. The van der Waals surface area contributed by atoms with E-state index in [1.807, 2.05) is 49.5 Å². The first-order chi connectivity index (χ1) is 9.20. The van der Waals surface area contributed by atoms with Crippen LogP contribution in [0.3, 0.4) is 0 Å². The Morgan fingerprint density at radius 1 is 1.26 bits per heavy atom. The number of aryl methyl sites for hydroxylation is 1. The van der Waals surface area contributed by atoms with Crippen molar-refractivity contribution < 1.29 is 4.74 Å². The SMILES string of the molecule is CC[C@@H](N)c1cnc(OCc2ccccc2)cc1C. The van der Waals surface area contributed by atoms with Crippen molar-refractivity contribution in [1.29, 1.82) is 0 Å². The van der Waals surface area contributed by atoms with Crippen LogP contribution in [0.15, 0.2) is 42.6 Å². The van der Waals surface area contributed by atoms with Crippen molar-refractivity contribution in [3.63, 3.8) is 0 Å². The Bertz CT molecular complexity index is 526. The average molecular weight is 256 g/mol. The van der Waals surface area contributed by atoms with Gasteiger partial charge in [0.15, 0.2) is 0 Å². The summed E-state index contributed by atoms with van der Waals surface area (Å²) < 4.78 is 5.69. The van der Waals surface area contributed by atoms with Crippen LogP contribution >= 0.6 is 0 Å². The summed E-state index contributed by atoms with van der Waals surface area (Å²) in [5.41, 5.74) is 9.39. The van der Waals surface area contributed by atoms with Gasteiger partial charge in [-0.25, -0.2) is 4.98 Å². The van der Waals surface area contributed by atoms with Gasteiger partial charge in [0.25, 0.3) is 0 Å². The quantitative estimate of drug-likeness (QED) is 0.892. The van der Waals surface area contributed by atoms with Crippen molar-refractivity contribution in [1.82, 2.24) is 4.98 Å². The molecule has 0 radical (unpaired) electrons. The predicted molar refractivity (Wildman–Crippen MR) is 77.0 cm³/mol. The molecule has 1 heterocycles. The third-order valence-corrected chi connectivity index (χ3v) is 3.20. The van der Waals surface area contributed by atoms with Gasteiger partial charge in [-0.2, -0.15) is 0 Å². The molecule has 0 bridgehead atoms. The number of nitrogens with zero attached hydrogens (tertiary/aromatic N) is 1. The van der Waals surface area contributed by atoms with E-state index in [4.69, 9.17) is 10.5 Å². The molecule has 0 aliphatic rings. The summed E-state index contributed by atoms with van der Waals surface area (Å²) in [5, 5.41) is 0. The van der Waals surface area contributed by atoms with E-state index >= 15 is 0 Å². The molecule has 0 aliphatic heterocycles. The van der Waals surface area contributed by atoms with Crippen LogP contribution in [0.25, 0.3) is 0 Å². The molecule has 1 atom stereocenters. The van der Waals surface area contributed by atoms with Gasteiger partial charge in [-0.1, -0.05) is 37.3 Å². The third-order valence-electron chi connectivity index (χ3n) is 3.20. The molecule has 1 aromatic heterocycles. The van der Waals surface area contributed by atoms with E-state index in [2.05, 4.69) is 11.9 Å². The van der Waals surface area contributed by atoms with Crippen LogP contribution < -0.4 is 10.5 Å². The maximum Gasteiger partial charge on any atom is 0.213 e. The minimum Gasteiger partial charge on any atom is -0.473 e. The van der Waals surface area contributed by atoms with Crippen LogP contribution in [0, 0.1) is 6.92 Å². The number of ether oxygens (including phenoxy) is 1.